The number of morpholine rings is 1. The molecule has 5 rings (SSSR count). The Balaban J connectivity index is 1.27. The van der Waals surface area contributed by atoms with Crippen LogP contribution in [-0.4, -0.2) is 59.7 Å². The number of benzene rings is 2. The van der Waals surface area contributed by atoms with Crippen molar-refractivity contribution in [3.63, 3.8) is 0 Å². The monoisotopic (exact) mass is 556 g/mol. The van der Waals surface area contributed by atoms with Crippen LogP contribution in [-0.2, 0) is 28.7 Å². The number of nitrogens with zero attached hydrogens (tertiary/aromatic N) is 4. The zero-order valence-electron chi connectivity index (χ0n) is 21.6. The Hall–Kier alpha value is -4.23. The minimum Gasteiger partial charge on any atom is -0.439 e. The average molecular weight is 557 g/mol. The van der Waals surface area contributed by atoms with Gasteiger partial charge in [0, 0.05) is 50.5 Å². The maximum atomic E-state index is 13.9. The molecule has 0 aliphatic carbocycles. The van der Waals surface area contributed by atoms with Crippen molar-refractivity contribution in [2.75, 3.05) is 48.4 Å². The predicted molar refractivity (Wildman–Crippen MR) is 140 cm³/mol. The topological polar surface area (TPSA) is 109 Å². The van der Waals surface area contributed by atoms with Gasteiger partial charge in [-0.05, 0) is 47.9 Å². The third kappa shape index (κ3) is 6.49. The number of carbonyl (C=O) groups excluding carboxylic acids is 2. The van der Waals surface area contributed by atoms with Crippen molar-refractivity contribution < 1.29 is 32.2 Å². The Kier molecular flexibility index (Phi) is 7.85. The maximum Gasteiger partial charge on any atom is 0.416 e. The first-order valence-electron chi connectivity index (χ1n) is 12.6. The molecule has 2 aromatic carbocycles. The molecule has 0 radical (unpaired) electrons. The number of hydrogen-bond donors (Lipinski definition) is 2. The van der Waals surface area contributed by atoms with E-state index in [1.807, 2.05) is 4.90 Å². The molecule has 0 spiro atoms. The normalized spacial score (nSPS) is 15.4. The van der Waals surface area contributed by atoms with Crippen molar-refractivity contribution in [3.8, 4) is 11.6 Å². The van der Waals surface area contributed by atoms with Crippen LogP contribution in [0.4, 0.5) is 35.2 Å². The third-order valence-corrected chi connectivity index (χ3v) is 6.52. The fraction of sp³-hybridized carbons (Fsp3) is 0.333. The van der Waals surface area contributed by atoms with Gasteiger partial charge >= 0.3 is 12.2 Å². The zero-order chi connectivity index (χ0) is 28.3. The number of anilines is 3. The number of hydrogen-bond acceptors (Lipinski definition) is 7. The van der Waals surface area contributed by atoms with Gasteiger partial charge in [0.2, 0.25) is 11.8 Å². The molecule has 3 heterocycles. The highest BCUT2D eigenvalue weighted by Gasteiger charge is 2.34. The molecule has 1 fully saturated rings. The van der Waals surface area contributed by atoms with Gasteiger partial charge < -0.3 is 20.1 Å². The molecular formula is C27H27F3N6O4. The second-order valence-electron chi connectivity index (χ2n) is 9.41. The minimum atomic E-state index is -4.56. The molecule has 1 saturated heterocycles. The quantitative estimate of drug-likeness (QED) is 0.454. The first-order chi connectivity index (χ1) is 19.2. The first-order valence-corrected chi connectivity index (χ1v) is 12.6. The van der Waals surface area contributed by atoms with Gasteiger partial charge in [-0.3, -0.25) is 14.6 Å². The number of aromatic nitrogens is 2. The number of halogens is 3. The summed E-state index contributed by atoms with van der Waals surface area (Å²) in [6.07, 6.45) is -2.77. The van der Waals surface area contributed by atoms with Crippen LogP contribution in [0, 0.1) is 0 Å². The van der Waals surface area contributed by atoms with E-state index in [9.17, 15) is 22.8 Å². The Morgan fingerprint density at radius 2 is 1.82 bits per heavy atom. The average Bonchev–Trinajstić information content (AvgIpc) is 3.33. The standard InChI is InChI=1S/C27H27F3N6O4/c1-17(37)33-24-14-25(32-16-31-24)40-21-4-5-23-18(12-21)6-7-36(23)26(38)34-20-3-2-19(22(13-20)27(28,29)30)15-35-8-10-39-11-9-35/h2-5,12-14,16H,6-11,15H2,1H3,(H,34,38)(H,31,32,33,37). The second kappa shape index (κ2) is 11.5. The molecular weight excluding hydrogens is 529 g/mol. The van der Waals surface area contributed by atoms with Crippen molar-refractivity contribution >= 4 is 29.1 Å². The van der Waals surface area contributed by atoms with Crippen molar-refractivity contribution in [2.45, 2.75) is 26.1 Å². The maximum absolute atomic E-state index is 13.9. The molecule has 0 unspecified atom stereocenters. The molecule has 40 heavy (non-hydrogen) atoms. The van der Waals surface area contributed by atoms with Crippen LogP contribution in [0.15, 0.2) is 48.8 Å². The van der Waals surface area contributed by atoms with E-state index in [2.05, 4.69) is 20.6 Å². The summed E-state index contributed by atoms with van der Waals surface area (Å²) in [5, 5.41) is 5.17. The van der Waals surface area contributed by atoms with E-state index in [0.717, 1.165) is 11.6 Å². The summed E-state index contributed by atoms with van der Waals surface area (Å²) >= 11 is 0. The molecule has 10 nitrogen and oxygen atoms in total. The van der Waals surface area contributed by atoms with Crippen LogP contribution in [0.2, 0.25) is 0 Å². The largest absolute Gasteiger partial charge is 0.439 e. The van der Waals surface area contributed by atoms with Crippen LogP contribution in [0.25, 0.3) is 0 Å². The SMILES string of the molecule is CC(=O)Nc1cc(Oc2ccc3c(c2)CCN3C(=O)Nc2ccc(CN3CCOCC3)c(C(F)(F)F)c2)ncn1. The molecule has 0 bridgehead atoms. The number of amides is 3. The minimum absolute atomic E-state index is 0.0650. The Bertz CT molecular complexity index is 1410. The van der Waals surface area contributed by atoms with E-state index in [-0.39, 0.29) is 29.6 Å². The Labute approximate surface area is 228 Å². The van der Waals surface area contributed by atoms with Gasteiger partial charge in [0.1, 0.15) is 17.9 Å². The van der Waals surface area contributed by atoms with Crippen LogP contribution < -0.4 is 20.3 Å². The number of nitrogens with one attached hydrogen (secondary N) is 2. The number of alkyl halides is 3. The van der Waals surface area contributed by atoms with Crippen LogP contribution in [0.3, 0.4) is 0 Å². The van der Waals surface area contributed by atoms with Crippen molar-refractivity contribution in [1.29, 1.82) is 0 Å². The lowest BCUT2D eigenvalue weighted by Crippen LogP contribution is -2.36. The zero-order valence-corrected chi connectivity index (χ0v) is 21.6. The van der Waals surface area contributed by atoms with E-state index >= 15 is 0 Å². The molecule has 13 heteroatoms. The Morgan fingerprint density at radius 1 is 1.02 bits per heavy atom. The van der Waals surface area contributed by atoms with Gasteiger partial charge in [-0.2, -0.15) is 13.2 Å². The predicted octanol–water partition coefficient (Wildman–Crippen LogP) is 4.67. The van der Waals surface area contributed by atoms with Gasteiger partial charge in [-0.25, -0.2) is 14.8 Å². The van der Waals surface area contributed by atoms with E-state index in [4.69, 9.17) is 9.47 Å². The molecule has 1 aromatic heterocycles. The summed E-state index contributed by atoms with van der Waals surface area (Å²) in [5.74, 6) is 0.714. The summed E-state index contributed by atoms with van der Waals surface area (Å²) in [4.78, 5) is 35.7. The van der Waals surface area contributed by atoms with Crippen LogP contribution >= 0.6 is 0 Å². The molecule has 3 aromatic rings. The van der Waals surface area contributed by atoms with E-state index in [1.165, 1.54) is 36.4 Å². The molecule has 210 valence electrons. The first kappa shape index (κ1) is 27.3. The van der Waals surface area contributed by atoms with Gasteiger partial charge in [-0.15, -0.1) is 0 Å². The fourth-order valence-electron chi connectivity index (χ4n) is 4.66. The summed E-state index contributed by atoms with van der Waals surface area (Å²) in [5.41, 5.74) is 0.911. The fourth-order valence-corrected chi connectivity index (χ4v) is 4.66. The molecule has 2 N–H and O–H groups in total. The van der Waals surface area contributed by atoms with Gasteiger partial charge in [0.05, 0.1) is 18.8 Å². The second-order valence-corrected chi connectivity index (χ2v) is 9.41. The lowest BCUT2D eigenvalue weighted by molar-refractivity contribution is -0.138. The van der Waals surface area contributed by atoms with Crippen molar-refractivity contribution in [3.05, 3.63) is 65.5 Å². The number of rotatable bonds is 6. The third-order valence-electron chi connectivity index (χ3n) is 6.52. The molecule has 0 saturated carbocycles. The van der Waals surface area contributed by atoms with Crippen molar-refractivity contribution in [1.82, 2.24) is 14.9 Å². The van der Waals surface area contributed by atoms with Gasteiger partial charge in [0.15, 0.2) is 0 Å². The van der Waals surface area contributed by atoms with Crippen molar-refractivity contribution in [2.24, 2.45) is 0 Å². The highest BCUT2D eigenvalue weighted by atomic mass is 19.4. The number of ether oxygens (including phenoxy) is 2. The van der Waals surface area contributed by atoms with Gasteiger partial charge in [-0.1, -0.05) is 6.07 Å². The number of fused-ring (bicyclic) bond motifs is 1. The highest BCUT2D eigenvalue weighted by Crippen LogP contribution is 2.36. The molecule has 3 amide bonds. The smallest absolute Gasteiger partial charge is 0.416 e. The summed E-state index contributed by atoms with van der Waals surface area (Å²) < 4.78 is 52.7. The highest BCUT2D eigenvalue weighted by molar-refractivity contribution is 6.03. The summed E-state index contributed by atoms with van der Waals surface area (Å²) in [6.45, 7) is 3.97. The lowest BCUT2D eigenvalue weighted by atomic mass is 10.0. The van der Waals surface area contributed by atoms with E-state index in [0.29, 0.717) is 56.5 Å². The van der Waals surface area contributed by atoms with E-state index < -0.39 is 17.8 Å². The Morgan fingerprint density at radius 3 is 2.58 bits per heavy atom. The molecule has 0 atom stereocenters. The van der Waals surface area contributed by atoms with Crippen LogP contribution in [0.1, 0.15) is 23.6 Å². The van der Waals surface area contributed by atoms with Gasteiger partial charge in [0.25, 0.3) is 0 Å². The summed E-state index contributed by atoms with van der Waals surface area (Å²) in [7, 11) is 0. The van der Waals surface area contributed by atoms with Crippen LogP contribution in [0.5, 0.6) is 11.6 Å². The lowest BCUT2D eigenvalue weighted by Gasteiger charge is -2.28. The summed E-state index contributed by atoms with van der Waals surface area (Å²) in [6, 6.07) is 9.98. The number of carbonyl (C=O) groups is 2. The number of urea groups is 1. The molecule has 2 aliphatic heterocycles. The molecule has 2 aliphatic rings. The van der Waals surface area contributed by atoms with E-state index in [1.54, 1.807) is 18.2 Å².